The third-order valence-corrected chi connectivity index (χ3v) is 3.55. The van der Waals surface area contributed by atoms with Crippen molar-refractivity contribution in [3.8, 4) is 0 Å². The van der Waals surface area contributed by atoms with Crippen LogP contribution in [0.2, 0.25) is 0 Å². The fourth-order valence-electron chi connectivity index (χ4n) is 2.09. The van der Waals surface area contributed by atoms with Crippen molar-refractivity contribution < 1.29 is 14.3 Å². The molecule has 0 aromatic heterocycles. The second-order valence-corrected chi connectivity index (χ2v) is 5.20. The van der Waals surface area contributed by atoms with Gasteiger partial charge in [-0.3, -0.25) is 0 Å². The fraction of sp³-hybridized carbons (Fsp3) is 0.500. The lowest BCUT2D eigenvalue weighted by atomic mass is 9.96. The number of aliphatic hydroxyl groups is 1. The molecule has 1 fully saturated rings. The number of aliphatic hydroxyl groups excluding tert-OH is 1. The summed E-state index contributed by atoms with van der Waals surface area (Å²) in [6.45, 7) is 2.17. The lowest BCUT2D eigenvalue weighted by Gasteiger charge is -2.18. The Kier molecular flexibility index (Phi) is 4.04. The molecule has 3 N–H and O–H groups in total. The quantitative estimate of drug-likeness (QED) is 0.757. The molecule has 0 bridgehead atoms. The average Bonchev–Trinajstić information content (AvgIpc) is 3.18. The van der Waals surface area contributed by atoms with E-state index in [-0.39, 0.29) is 29.9 Å². The molecule has 1 aromatic rings. The maximum absolute atomic E-state index is 12.9. The number of urea groups is 1. The molecule has 19 heavy (non-hydrogen) atoms. The molecule has 0 saturated heterocycles. The maximum atomic E-state index is 12.9. The molecular weight excluding hydrogens is 247 g/mol. The summed E-state index contributed by atoms with van der Waals surface area (Å²) in [6.07, 6.45) is 1.99. The number of hydrogen-bond acceptors (Lipinski definition) is 2. The third kappa shape index (κ3) is 3.44. The van der Waals surface area contributed by atoms with Gasteiger partial charge in [-0.15, -0.1) is 0 Å². The van der Waals surface area contributed by atoms with Gasteiger partial charge in [-0.05, 0) is 37.5 Å². The minimum atomic E-state index is -0.282. The SMILES string of the molecule is CC(CO)NC(=O)NCC1(c2ccc(F)cc2)CC1. The van der Waals surface area contributed by atoms with Gasteiger partial charge in [0.25, 0.3) is 0 Å². The van der Waals surface area contributed by atoms with E-state index in [2.05, 4.69) is 10.6 Å². The normalized spacial score (nSPS) is 17.6. The van der Waals surface area contributed by atoms with Crippen molar-refractivity contribution in [1.29, 1.82) is 0 Å². The lowest BCUT2D eigenvalue weighted by molar-refractivity contribution is 0.220. The number of carbonyl (C=O) groups is 1. The summed E-state index contributed by atoms with van der Waals surface area (Å²) >= 11 is 0. The number of rotatable bonds is 5. The average molecular weight is 266 g/mol. The molecule has 2 rings (SSSR count). The monoisotopic (exact) mass is 266 g/mol. The second kappa shape index (κ2) is 5.57. The van der Waals surface area contributed by atoms with Crippen LogP contribution in [0.5, 0.6) is 0 Å². The molecule has 4 nitrogen and oxygen atoms in total. The van der Waals surface area contributed by atoms with Crippen molar-refractivity contribution in [2.75, 3.05) is 13.2 Å². The van der Waals surface area contributed by atoms with Gasteiger partial charge in [0.2, 0.25) is 0 Å². The van der Waals surface area contributed by atoms with Crippen molar-refractivity contribution in [2.45, 2.75) is 31.2 Å². The Bertz CT molecular complexity index is 443. The number of hydrogen-bond donors (Lipinski definition) is 3. The Morgan fingerprint density at radius 2 is 2.05 bits per heavy atom. The van der Waals surface area contributed by atoms with Crippen LogP contribution in [-0.4, -0.2) is 30.3 Å². The Labute approximate surface area is 112 Å². The zero-order chi connectivity index (χ0) is 13.9. The summed E-state index contributed by atoms with van der Waals surface area (Å²) in [5.41, 5.74) is 1.01. The van der Waals surface area contributed by atoms with Crippen molar-refractivity contribution in [2.24, 2.45) is 0 Å². The van der Waals surface area contributed by atoms with Crippen molar-refractivity contribution >= 4 is 6.03 Å². The first-order valence-corrected chi connectivity index (χ1v) is 6.47. The van der Waals surface area contributed by atoms with E-state index in [0.29, 0.717) is 6.54 Å². The van der Waals surface area contributed by atoms with E-state index < -0.39 is 0 Å². The molecule has 1 aliphatic carbocycles. The van der Waals surface area contributed by atoms with E-state index in [1.165, 1.54) is 12.1 Å². The van der Waals surface area contributed by atoms with E-state index in [9.17, 15) is 9.18 Å². The van der Waals surface area contributed by atoms with Gasteiger partial charge < -0.3 is 15.7 Å². The first kappa shape index (κ1) is 13.8. The van der Waals surface area contributed by atoms with Gasteiger partial charge in [0.15, 0.2) is 0 Å². The van der Waals surface area contributed by atoms with Crippen LogP contribution in [0.25, 0.3) is 0 Å². The maximum Gasteiger partial charge on any atom is 0.315 e. The topological polar surface area (TPSA) is 61.4 Å². The van der Waals surface area contributed by atoms with Crippen LogP contribution < -0.4 is 10.6 Å². The van der Waals surface area contributed by atoms with Crippen molar-refractivity contribution in [3.63, 3.8) is 0 Å². The van der Waals surface area contributed by atoms with E-state index in [1.54, 1.807) is 19.1 Å². The number of nitrogens with one attached hydrogen (secondary N) is 2. The van der Waals surface area contributed by atoms with Crippen molar-refractivity contribution in [1.82, 2.24) is 10.6 Å². The van der Waals surface area contributed by atoms with Gasteiger partial charge in [-0.25, -0.2) is 9.18 Å². The molecule has 0 radical (unpaired) electrons. The minimum Gasteiger partial charge on any atom is -0.394 e. The first-order chi connectivity index (χ1) is 9.05. The molecule has 2 amide bonds. The molecule has 0 heterocycles. The molecule has 1 saturated carbocycles. The summed E-state index contributed by atoms with van der Waals surface area (Å²) in [4.78, 5) is 11.6. The van der Waals surface area contributed by atoms with E-state index >= 15 is 0 Å². The van der Waals surface area contributed by atoms with E-state index in [1.807, 2.05) is 0 Å². The van der Waals surface area contributed by atoms with Crippen LogP contribution in [0, 0.1) is 5.82 Å². The highest BCUT2D eigenvalue weighted by Crippen LogP contribution is 2.47. The molecule has 1 unspecified atom stereocenters. The molecule has 0 spiro atoms. The largest absolute Gasteiger partial charge is 0.394 e. The van der Waals surface area contributed by atoms with E-state index in [0.717, 1.165) is 18.4 Å². The highest BCUT2D eigenvalue weighted by Gasteiger charge is 2.44. The van der Waals surface area contributed by atoms with Crippen LogP contribution in [0.3, 0.4) is 0 Å². The van der Waals surface area contributed by atoms with Gasteiger partial charge in [0, 0.05) is 12.0 Å². The lowest BCUT2D eigenvalue weighted by Crippen LogP contribution is -2.44. The number of benzene rings is 1. The smallest absolute Gasteiger partial charge is 0.315 e. The number of carbonyl (C=O) groups excluding carboxylic acids is 1. The molecule has 104 valence electrons. The van der Waals surface area contributed by atoms with Gasteiger partial charge in [-0.1, -0.05) is 12.1 Å². The number of halogens is 1. The van der Waals surface area contributed by atoms with Crippen LogP contribution in [0.4, 0.5) is 9.18 Å². The van der Waals surface area contributed by atoms with Gasteiger partial charge in [0.05, 0.1) is 12.6 Å². The predicted octanol–water partition coefficient (Wildman–Crippen LogP) is 1.54. The summed E-state index contributed by atoms with van der Waals surface area (Å²) in [5.74, 6) is -0.248. The zero-order valence-corrected chi connectivity index (χ0v) is 10.9. The Hall–Kier alpha value is -1.62. The minimum absolute atomic E-state index is 0.0481. The van der Waals surface area contributed by atoms with Crippen LogP contribution in [0.15, 0.2) is 24.3 Å². The predicted molar refractivity (Wildman–Crippen MR) is 70.4 cm³/mol. The van der Waals surface area contributed by atoms with Crippen LogP contribution in [-0.2, 0) is 5.41 Å². The highest BCUT2D eigenvalue weighted by atomic mass is 19.1. The Balaban J connectivity index is 1.88. The zero-order valence-electron chi connectivity index (χ0n) is 10.9. The molecular formula is C14H19FN2O2. The van der Waals surface area contributed by atoms with Gasteiger partial charge >= 0.3 is 6.03 Å². The molecule has 1 atom stereocenters. The molecule has 0 aliphatic heterocycles. The molecule has 5 heteroatoms. The summed E-state index contributed by atoms with van der Waals surface area (Å²) in [5, 5.41) is 14.3. The van der Waals surface area contributed by atoms with Gasteiger partial charge in [-0.2, -0.15) is 0 Å². The Morgan fingerprint density at radius 3 is 2.58 bits per heavy atom. The second-order valence-electron chi connectivity index (χ2n) is 5.20. The Morgan fingerprint density at radius 1 is 1.42 bits per heavy atom. The van der Waals surface area contributed by atoms with Crippen molar-refractivity contribution in [3.05, 3.63) is 35.6 Å². The van der Waals surface area contributed by atoms with Gasteiger partial charge in [0.1, 0.15) is 5.82 Å². The summed E-state index contributed by atoms with van der Waals surface area (Å²) in [6, 6.07) is 5.90. The number of amides is 2. The fourth-order valence-corrected chi connectivity index (χ4v) is 2.09. The summed E-state index contributed by atoms with van der Waals surface area (Å²) < 4.78 is 12.9. The third-order valence-electron chi connectivity index (χ3n) is 3.55. The summed E-state index contributed by atoms with van der Waals surface area (Å²) in [7, 11) is 0. The first-order valence-electron chi connectivity index (χ1n) is 6.47. The standard InChI is InChI=1S/C14H19FN2O2/c1-10(8-18)17-13(19)16-9-14(6-7-14)11-2-4-12(15)5-3-11/h2-5,10,18H,6-9H2,1H3,(H2,16,17,19). The van der Waals surface area contributed by atoms with Crippen LogP contribution >= 0.6 is 0 Å². The highest BCUT2D eigenvalue weighted by molar-refractivity contribution is 5.74. The molecule has 1 aromatic carbocycles. The van der Waals surface area contributed by atoms with Crippen LogP contribution in [0.1, 0.15) is 25.3 Å². The van der Waals surface area contributed by atoms with E-state index in [4.69, 9.17) is 5.11 Å². The molecule has 1 aliphatic rings.